The van der Waals surface area contributed by atoms with E-state index in [9.17, 15) is 4.57 Å². The van der Waals surface area contributed by atoms with E-state index in [4.69, 9.17) is 4.89 Å². The molecule has 2 nitrogen and oxygen atoms in total. The van der Waals surface area contributed by atoms with E-state index in [0.29, 0.717) is 6.16 Å². The fourth-order valence-electron chi connectivity index (χ4n) is 0.573. The van der Waals surface area contributed by atoms with Gasteiger partial charge >= 0.3 is 0 Å². The SMILES string of the molecule is O=P1(O)C=CCC1. The van der Waals surface area contributed by atoms with Crippen LogP contribution < -0.4 is 0 Å². The summed E-state index contributed by atoms with van der Waals surface area (Å²) in [5.74, 6) is 1.41. The van der Waals surface area contributed by atoms with Gasteiger partial charge < -0.3 is 4.89 Å². The van der Waals surface area contributed by atoms with Crippen molar-refractivity contribution < 1.29 is 9.46 Å². The van der Waals surface area contributed by atoms with Gasteiger partial charge in [-0.25, -0.2) is 0 Å². The van der Waals surface area contributed by atoms with Crippen molar-refractivity contribution in [3.8, 4) is 0 Å². The average molecular weight is 118 g/mol. The van der Waals surface area contributed by atoms with Crippen LogP contribution in [0, 0.1) is 0 Å². The van der Waals surface area contributed by atoms with Gasteiger partial charge in [0.05, 0.1) is 0 Å². The summed E-state index contributed by atoms with van der Waals surface area (Å²) in [5.41, 5.74) is 0. The third-order valence-corrected chi connectivity index (χ3v) is 2.53. The maximum atomic E-state index is 10.5. The molecule has 1 atom stereocenters. The smallest absolute Gasteiger partial charge is 0.222 e. The van der Waals surface area contributed by atoms with Crippen LogP contribution in [0.5, 0.6) is 0 Å². The van der Waals surface area contributed by atoms with Crippen LogP contribution >= 0.6 is 7.37 Å². The standard InChI is InChI=1S/C4H7O2P/c5-7(6)3-1-2-4-7/h1,3H,2,4H2,(H,5,6). The lowest BCUT2D eigenvalue weighted by atomic mass is 10.5. The molecule has 1 unspecified atom stereocenters. The predicted molar refractivity (Wildman–Crippen MR) is 28.4 cm³/mol. The Morgan fingerprint density at radius 1 is 1.71 bits per heavy atom. The summed E-state index contributed by atoms with van der Waals surface area (Å²) >= 11 is 0. The van der Waals surface area contributed by atoms with Gasteiger partial charge in [0, 0.05) is 6.16 Å². The van der Waals surface area contributed by atoms with E-state index < -0.39 is 7.37 Å². The van der Waals surface area contributed by atoms with Crippen LogP contribution in [0.4, 0.5) is 0 Å². The minimum Gasteiger partial charge on any atom is -0.341 e. The Morgan fingerprint density at radius 3 is 2.57 bits per heavy atom. The van der Waals surface area contributed by atoms with E-state index in [1.807, 2.05) is 0 Å². The maximum Gasteiger partial charge on any atom is 0.222 e. The summed E-state index contributed by atoms with van der Waals surface area (Å²) in [6.45, 7) is 0. The third kappa shape index (κ3) is 1.15. The second-order valence-electron chi connectivity index (χ2n) is 1.65. The van der Waals surface area contributed by atoms with Gasteiger partial charge in [-0.05, 0) is 12.2 Å². The highest BCUT2D eigenvalue weighted by molar-refractivity contribution is 7.61. The first kappa shape index (κ1) is 5.07. The summed E-state index contributed by atoms with van der Waals surface area (Å²) in [6.07, 6.45) is 2.97. The van der Waals surface area contributed by atoms with Gasteiger partial charge in [-0.2, -0.15) is 0 Å². The van der Waals surface area contributed by atoms with Crippen molar-refractivity contribution in [1.82, 2.24) is 0 Å². The molecule has 7 heavy (non-hydrogen) atoms. The van der Waals surface area contributed by atoms with Crippen molar-refractivity contribution in [2.24, 2.45) is 0 Å². The highest BCUT2D eigenvalue weighted by atomic mass is 31.2. The first-order chi connectivity index (χ1) is 3.21. The Labute approximate surface area is 42.3 Å². The Balaban J connectivity index is 2.77. The minimum atomic E-state index is -2.72. The molecule has 0 aliphatic carbocycles. The molecule has 1 aliphatic heterocycles. The summed E-state index contributed by atoms with van der Waals surface area (Å²) < 4.78 is 10.5. The average Bonchev–Trinajstić information content (AvgIpc) is 1.84. The zero-order valence-electron chi connectivity index (χ0n) is 3.87. The van der Waals surface area contributed by atoms with Crippen molar-refractivity contribution in [1.29, 1.82) is 0 Å². The first-order valence-electron chi connectivity index (χ1n) is 2.20. The topological polar surface area (TPSA) is 37.3 Å². The first-order valence-corrected chi connectivity index (χ1v) is 4.11. The Kier molecular flexibility index (Phi) is 1.06. The third-order valence-electron chi connectivity index (χ3n) is 0.954. The molecular formula is C4H7O2P. The van der Waals surface area contributed by atoms with Crippen LogP contribution in [0.2, 0.25) is 0 Å². The lowest BCUT2D eigenvalue weighted by Gasteiger charge is -1.93. The molecule has 1 N–H and O–H groups in total. The Bertz CT molecular complexity index is 139. The summed E-state index contributed by atoms with van der Waals surface area (Å²) in [4.78, 5) is 8.66. The number of hydrogen-bond acceptors (Lipinski definition) is 1. The molecule has 0 fully saturated rings. The van der Waals surface area contributed by atoms with E-state index in [2.05, 4.69) is 0 Å². The van der Waals surface area contributed by atoms with Gasteiger partial charge in [0.2, 0.25) is 7.37 Å². The molecule has 0 radical (unpaired) electrons. The van der Waals surface area contributed by atoms with Crippen molar-refractivity contribution in [2.45, 2.75) is 6.42 Å². The van der Waals surface area contributed by atoms with Crippen LogP contribution in [-0.4, -0.2) is 11.1 Å². The Hall–Kier alpha value is -0.0700. The fourth-order valence-corrected chi connectivity index (χ4v) is 1.72. The van der Waals surface area contributed by atoms with Crippen LogP contribution in [0.3, 0.4) is 0 Å². The van der Waals surface area contributed by atoms with Gasteiger partial charge in [0.1, 0.15) is 0 Å². The fraction of sp³-hybridized carbons (Fsp3) is 0.500. The van der Waals surface area contributed by atoms with Crippen LogP contribution in [-0.2, 0) is 4.57 Å². The number of hydrogen-bond donors (Lipinski definition) is 1. The quantitative estimate of drug-likeness (QED) is 0.485. The zero-order valence-corrected chi connectivity index (χ0v) is 4.77. The van der Waals surface area contributed by atoms with Gasteiger partial charge in [0.15, 0.2) is 0 Å². The molecular weight excluding hydrogens is 111 g/mol. The number of rotatable bonds is 0. The molecule has 0 amide bonds. The molecule has 3 heteroatoms. The molecule has 0 aromatic rings. The highest BCUT2D eigenvalue weighted by Gasteiger charge is 2.16. The maximum absolute atomic E-state index is 10.5. The van der Waals surface area contributed by atoms with E-state index in [1.54, 1.807) is 6.08 Å². The molecule has 1 rings (SSSR count). The molecule has 0 aromatic heterocycles. The molecule has 0 aromatic carbocycles. The molecule has 0 bridgehead atoms. The molecule has 40 valence electrons. The lowest BCUT2D eigenvalue weighted by molar-refractivity contribution is 0.491. The Morgan fingerprint density at radius 2 is 2.43 bits per heavy atom. The minimum absolute atomic E-state index is 0.451. The lowest BCUT2D eigenvalue weighted by Crippen LogP contribution is -1.72. The van der Waals surface area contributed by atoms with E-state index >= 15 is 0 Å². The molecule has 0 spiro atoms. The van der Waals surface area contributed by atoms with Gasteiger partial charge in [0.25, 0.3) is 0 Å². The van der Waals surface area contributed by atoms with Crippen molar-refractivity contribution in [3.63, 3.8) is 0 Å². The summed E-state index contributed by atoms with van der Waals surface area (Å²) in [6, 6.07) is 0. The van der Waals surface area contributed by atoms with Crippen molar-refractivity contribution in [3.05, 3.63) is 11.9 Å². The summed E-state index contributed by atoms with van der Waals surface area (Å²) in [7, 11) is -2.72. The van der Waals surface area contributed by atoms with Gasteiger partial charge in [-0.1, -0.05) is 6.08 Å². The van der Waals surface area contributed by atoms with Crippen LogP contribution in [0.15, 0.2) is 11.9 Å². The largest absolute Gasteiger partial charge is 0.341 e. The van der Waals surface area contributed by atoms with Crippen LogP contribution in [0.1, 0.15) is 6.42 Å². The highest BCUT2D eigenvalue weighted by Crippen LogP contribution is 2.46. The molecule has 1 heterocycles. The zero-order chi connectivity index (χ0) is 5.33. The molecule has 0 saturated carbocycles. The normalized spacial score (nSPS) is 39.6. The van der Waals surface area contributed by atoms with Gasteiger partial charge in [-0.15, -0.1) is 0 Å². The second kappa shape index (κ2) is 1.46. The monoisotopic (exact) mass is 118 g/mol. The predicted octanol–water partition coefficient (Wildman–Crippen LogP) is 1.17. The van der Waals surface area contributed by atoms with E-state index in [0.717, 1.165) is 6.42 Å². The summed E-state index contributed by atoms with van der Waals surface area (Å²) in [5, 5.41) is 0. The van der Waals surface area contributed by atoms with Crippen LogP contribution in [0.25, 0.3) is 0 Å². The van der Waals surface area contributed by atoms with E-state index in [-0.39, 0.29) is 0 Å². The molecule has 1 aliphatic rings. The second-order valence-corrected chi connectivity index (χ2v) is 3.91. The van der Waals surface area contributed by atoms with Gasteiger partial charge in [-0.3, -0.25) is 4.57 Å². The molecule has 0 saturated heterocycles. The van der Waals surface area contributed by atoms with Crippen molar-refractivity contribution in [2.75, 3.05) is 6.16 Å². The number of allylic oxidation sites excluding steroid dienone is 1. The van der Waals surface area contributed by atoms with E-state index in [1.165, 1.54) is 5.82 Å². The van der Waals surface area contributed by atoms with Crippen molar-refractivity contribution >= 4 is 7.37 Å².